The van der Waals surface area contributed by atoms with Crippen molar-refractivity contribution in [2.24, 2.45) is 0 Å². The number of carboxylic acid groups (broad SMARTS) is 1. The van der Waals surface area contributed by atoms with Crippen molar-refractivity contribution in [2.45, 2.75) is 65.0 Å². The third kappa shape index (κ3) is 6.31. The van der Waals surface area contributed by atoms with Crippen LogP contribution in [0.3, 0.4) is 0 Å². The summed E-state index contributed by atoms with van der Waals surface area (Å²) in [5.74, 6) is -1.71. The van der Waals surface area contributed by atoms with E-state index in [4.69, 9.17) is 10.00 Å². The van der Waals surface area contributed by atoms with Gasteiger partial charge in [-0.25, -0.2) is 9.18 Å². The number of pyridine rings is 1. The number of methoxy groups -OCH3 is 1. The van der Waals surface area contributed by atoms with E-state index in [1.807, 2.05) is 20.9 Å². The van der Waals surface area contributed by atoms with Crippen molar-refractivity contribution in [1.82, 2.24) is 9.47 Å². The highest BCUT2D eigenvalue weighted by Gasteiger charge is 2.30. The molecule has 1 aromatic carbocycles. The molecule has 1 unspecified atom stereocenters. The highest BCUT2D eigenvalue weighted by molar-refractivity contribution is 5.97. The van der Waals surface area contributed by atoms with Crippen LogP contribution in [-0.2, 0) is 0 Å². The van der Waals surface area contributed by atoms with Gasteiger partial charge in [0, 0.05) is 44.8 Å². The summed E-state index contributed by atoms with van der Waals surface area (Å²) >= 11 is 0. The van der Waals surface area contributed by atoms with Crippen LogP contribution in [-0.4, -0.2) is 60.9 Å². The van der Waals surface area contributed by atoms with Crippen LogP contribution >= 0.6 is 0 Å². The zero-order valence-electron chi connectivity index (χ0n) is 21.6. The Kier molecular flexibility index (Phi) is 10.1. The number of aromatic nitrogens is 1. The van der Waals surface area contributed by atoms with Gasteiger partial charge < -0.3 is 24.2 Å². The number of carbonyl (C=O) groups is 1. The second-order valence-corrected chi connectivity index (χ2v) is 8.75. The lowest BCUT2D eigenvalue weighted by Gasteiger charge is -2.27. The van der Waals surface area contributed by atoms with Crippen LogP contribution in [0.1, 0.15) is 69.3 Å². The quantitative estimate of drug-likeness (QED) is 0.491. The predicted molar refractivity (Wildman–Crippen MR) is 136 cm³/mol. The van der Waals surface area contributed by atoms with Crippen LogP contribution in [0.4, 0.5) is 10.1 Å². The van der Waals surface area contributed by atoms with E-state index in [2.05, 4.69) is 17.9 Å². The fraction of sp³-hybridized carbons (Fsp3) is 0.577. The number of anilines is 1. The molecule has 1 atom stereocenters. The molecule has 9 heteroatoms. The van der Waals surface area contributed by atoms with Crippen LogP contribution in [0.25, 0.3) is 10.9 Å². The van der Waals surface area contributed by atoms with Gasteiger partial charge in [-0.3, -0.25) is 4.79 Å². The first kappa shape index (κ1) is 28.1. The second kappa shape index (κ2) is 12.5. The van der Waals surface area contributed by atoms with Crippen molar-refractivity contribution in [3.8, 4) is 11.8 Å². The van der Waals surface area contributed by atoms with Gasteiger partial charge in [-0.1, -0.05) is 13.8 Å². The molecule has 192 valence electrons. The summed E-state index contributed by atoms with van der Waals surface area (Å²) in [6.07, 6.45) is 5.22. The number of nitriles is 1. The van der Waals surface area contributed by atoms with Gasteiger partial charge in [0.25, 0.3) is 0 Å². The van der Waals surface area contributed by atoms with Crippen molar-refractivity contribution in [2.75, 3.05) is 39.2 Å². The molecule has 3 rings (SSSR count). The fourth-order valence-electron chi connectivity index (χ4n) is 4.19. The lowest BCUT2D eigenvalue weighted by atomic mass is 10.1. The summed E-state index contributed by atoms with van der Waals surface area (Å²) in [5.41, 5.74) is -0.392. The molecule has 0 spiro atoms. The van der Waals surface area contributed by atoms with Gasteiger partial charge in [0.2, 0.25) is 5.43 Å². The first-order valence-corrected chi connectivity index (χ1v) is 12.2. The maximum absolute atomic E-state index is 15.3. The molecule has 0 aliphatic heterocycles. The Morgan fingerprint density at radius 3 is 2.54 bits per heavy atom. The van der Waals surface area contributed by atoms with Crippen LogP contribution < -0.4 is 15.1 Å². The van der Waals surface area contributed by atoms with Gasteiger partial charge in [-0.15, -0.1) is 0 Å². The molecule has 1 aliphatic carbocycles. The van der Waals surface area contributed by atoms with Crippen molar-refractivity contribution >= 4 is 22.6 Å². The molecule has 1 heterocycles. The normalized spacial score (nSPS) is 13.7. The second-order valence-electron chi connectivity index (χ2n) is 8.75. The number of aromatic carboxylic acids is 1. The number of fused-ring (bicyclic) bond motifs is 1. The maximum atomic E-state index is 15.3. The van der Waals surface area contributed by atoms with Gasteiger partial charge in [-0.05, 0) is 45.7 Å². The lowest BCUT2D eigenvalue weighted by Crippen LogP contribution is -2.31. The molecule has 2 aromatic rings. The topological polar surface area (TPSA) is 98.8 Å². The van der Waals surface area contributed by atoms with E-state index in [0.717, 1.165) is 31.7 Å². The fourth-order valence-corrected chi connectivity index (χ4v) is 4.19. The van der Waals surface area contributed by atoms with Crippen LogP contribution in [0.15, 0.2) is 17.1 Å². The van der Waals surface area contributed by atoms with E-state index in [1.165, 1.54) is 13.3 Å². The molecule has 1 fully saturated rings. The molecule has 0 amide bonds. The van der Waals surface area contributed by atoms with Crippen molar-refractivity contribution in [3.63, 3.8) is 0 Å². The van der Waals surface area contributed by atoms with E-state index in [0.29, 0.717) is 25.0 Å². The van der Waals surface area contributed by atoms with Crippen LogP contribution in [0.5, 0.6) is 5.75 Å². The molecule has 1 aliphatic rings. The van der Waals surface area contributed by atoms with Gasteiger partial charge in [-0.2, -0.15) is 5.26 Å². The van der Waals surface area contributed by atoms with Gasteiger partial charge in [0.1, 0.15) is 11.3 Å². The van der Waals surface area contributed by atoms with Crippen LogP contribution in [0, 0.1) is 17.1 Å². The summed E-state index contributed by atoms with van der Waals surface area (Å²) in [5, 5.41) is 18.2. The number of hydrogen-bond donors (Lipinski definition) is 1. The highest BCUT2D eigenvalue weighted by Crippen LogP contribution is 2.43. The maximum Gasteiger partial charge on any atom is 0.341 e. The third-order valence-electron chi connectivity index (χ3n) is 6.40. The largest absolute Gasteiger partial charge is 0.492 e. The van der Waals surface area contributed by atoms with Gasteiger partial charge in [0.05, 0.1) is 24.1 Å². The lowest BCUT2D eigenvalue weighted by molar-refractivity contribution is 0.0694. The molecular weight excluding hydrogens is 451 g/mol. The number of rotatable bonds is 11. The van der Waals surface area contributed by atoms with E-state index >= 15 is 4.39 Å². The molecule has 1 aromatic heterocycles. The van der Waals surface area contributed by atoms with Crippen molar-refractivity contribution in [3.05, 3.63) is 33.9 Å². The molecular formula is C26H37FN4O4. The molecule has 1 saturated carbocycles. The average molecular weight is 489 g/mol. The Morgan fingerprint density at radius 2 is 2.00 bits per heavy atom. The first-order chi connectivity index (χ1) is 16.7. The minimum Gasteiger partial charge on any atom is -0.492 e. The molecule has 8 nitrogen and oxygen atoms in total. The average Bonchev–Trinajstić information content (AvgIpc) is 3.68. The summed E-state index contributed by atoms with van der Waals surface area (Å²) in [4.78, 5) is 28.3. The third-order valence-corrected chi connectivity index (χ3v) is 6.40. The predicted octanol–water partition coefficient (Wildman–Crippen LogP) is 4.66. The van der Waals surface area contributed by atoms with Gasteiger partial charge >= 0.3 is 5.97 Å². The van der Waals surface area contributed by atoms with Crippen molar-refractivity contribution < 1.29 is 19.0 Å². The molecule has 35 heavy (non-hydrogen) atoms. The van der Waals surface area contributed by atoms with E-state index in [1.54, 1.807) is 16.5 Å². The summed E-state index contributed by atoms with van der Waals surface area (Å²) in [7, 11) is 5.20. The van der Waals surface area contributed by atoms with E-state index in [9.17, 15) is 14.7 Å². The number of halogens is 1. The number of ether oxygens (including phenoxy) is 1. The van der Waals surface area contributed by atoms with Gasteiger partial charge in [0.15, 0.2) is 11.6 Å². The van der Waals surface area contributed by atoms with Crippen molar-refractivity contribution in [1.29, 1.82) is 5.26 Å². The molecule has 0 radical (unpaired) electrons. The van der Waals surface area contributed by atoms with Crippen LogP contribution in [0.2, 0.25) is 0 Å². The Bertz CT molecular complexity index is 1140. The zero-order valence-corrected chi connectivity index (χ0v) is 21.6. The van der Waals surface area contributed by atoms with E-state index < -0.39 is 17.2 Å². The molecule has 0 bridgehead atoms. The summed E-state index contributed by atoms with van der Waals surface area (Å²) in [6, 6.07) is 3.63. The number of benzene rings is 1. The Balaban J connectivity index is 0.00000210. The Labute approximate surface area is 206 Å². The smallest absolute Gasteiger partial charge is 0.341 e. The summed E-state index contributed by atoms with van der Waals surface area (Å²) in [6.45, 7) is 7.37. The van der Waals surface area contributed by atoms with E-state index in [-0.39, 0.29) is 34.5 Å². The number of carboxylic acids is 1. The standard InChI is InChI=1S/C24H31FN4O4.C2H6/c1-15(27(2)12-6-10-26)7-5-11-28(3)21-19(25)13-17-20(23(21)33-4)29(16-8-9-16)14-18(22(17)30)24(31)32;1-2/h13-16H,5-9,11-12H2,1-4H3,(H,31,32);1-2H3. The minimum atomic E-state index is -1.33. The number of hydrogen-bond acceptors (Lipinski definition) is 6. The number of nitrogens with zero attached hydrogens (tertiary/aromatic N) is 4. The molecule has 0 saturated heterocycles. The first-order valence-electron chi connectivity index (χ1n) is 12.2. The minimum absolute atomic E-state index is 0.0149. The summed E-state index contributed by atoms with van der Waals surface area (Å²) < 4.78 is 22.6. The Morgan fingerprint density at radius 1 is 1.34 bits per heavy atom. The SMILES string of the molecule is CC.COc1c(N(C)CCCC(C)N(C)CCC#N)c(F)cc2c(=O)c(C(=O)O)cn(C3CC3)c12. The zero-order chi connectivity index (χ0) is 26.3. The highest BCUT2D eigenvalue weighted by atomic mass is 19.1. The monoisotopic (exact) mass is 488 g/mol. The molecule has 1 N–H and O–H groups in total. The Hall–Kier alpha value is -3.12.